The van der Waals surface area contributed by atoms with Crippen LogP contribution in [0.1, 0.15) is 12.0 Å². The van der Waals surface area contributed by atoms with Crippen LogP contribution in [0.25, 0.3) is 0 Å². The van der Waals surface area contributed by atoms with Crippen molar-refractivity contribution in [3.8, 4) is 0 Å². The van der Waals surface area contributed by atoms with Crippen LogP contribution < -0.4 is 10.6 Å². The molecule has 0 bridgehead atoms. The highest BCUT2D eigenvalue weighted by molar-refractivity contribution is 7.92. The van der Waals surface area contributed by atoms with E-state index in [1.54, 1.807) is 18.2 Å². The first-order chi connectivity index (χ1) is 13.1. The van der Waals surface area contributed by atoms with E-state index in [-0.39, 0.29) is 36.6 Å². The lowest BCUT2D eigenvalue weighted by Gasteiger charge is -2.38. The number of nitrogens with zero attached hydrogens (tertiary/aromatic N) is 1. The number of para-hydroxylation sites is 1. The van der Waals surface area contributed by atoms with Crippen LogP contribution in [0.3, 0.4) is 0 Å². The molecule has 0 unspecified atom stereocenters. The fourth-order valence-corrected chi connectivity index (χ4v) is 6.48. The van der Waals surface area contributed by atoms with Crippen LogP contribution in [-0.4, -0.2) is 46.7 Å². The monoisotopic (exact) mass is 426 g/mol. The molecule has 0 radical (unpaired) electrons. The molecule has 0 saturated carbocycles. The number of benzene rings is 2. The molecule has 0 spiro atoms. The SMILES string of the molecule is CS(=O)(=O)[C@H]1C[C@@H](S(=O)(=O)c2cccc(CN)c2)CN(c2ccccc2F)C1. The van der Waals surface area contributed by atoms with Gasteiger partial charge in [0.15, 0.2) is 19.7 Å². The van der Waals surface area contributed by atoms with E-state index >= 15 is 0 Å². The Labute approximate surface area is 165 Å². The van der Waals surface area contributed by atoms with Crippen molar-refractivity contribution in [2.24, 2.45) is 5.73 Å². The van der Waals surface area contributed by atoms with Gasteiger partial charge in [-0.1, -0.05) is 24.3 Å². The van der Waals surface area contributed by atoms with E-state index in [0.29, 0.717) is 5.56 Å². The van der Waals surface area contributed by atoms with Crippen LogP contribution in [0.5, 0.6) is 0 Å². The Hall–Kier alpha value is -1.97. The van der Waals surface area contributed by atoms with Gasteiger partial charge in [0.05, 0.1) is 21.1 Å². The Morgan fingerprint density at radius 3 is 2.36 bits per heavy atom. The minimum Gasteiger partial charge on any atom is -0.367 e. The first-order valence-corrected chi connectivity index (χ1v) is 12.3. The van der Waals surface area contributed by atoms with Crippen LogP contribution in [0, 0.1) is 5.82 Å². The van der Waals surface area contributed by atoms with Crippen molar-refractivity contribution in [1.29, 1.82) is 0 Å². The van der Waals surface area contributed by atoms with Crippen LogP contribution in [0.4, 0.5) is 10.1 Å². The zero-order valence-corrected chi connectivity index (χ0v) is 17.1. The van der Waals surface area contributed by atoms with E-state index in [1.807, 2.05) is 0 Å². The topological polar surface area (TPSA) is 97.5 Å². The van der Waals surface area contributed by atoms with Gasteiger partial charge < -0.3 is 10.6 Å². The Morgan fingerprint density at radius 2 is 1.71 bits per heavy atom. The Bertz CT molecular complexity index is 1070. The summed E-state index contributed by atoms with van der Waals surface area (Å²) in [4.78, 5) is 1.61. The molecule has 3 rings (SSSR count). The molecular weight excluding hydrogens is 403 g/mol. The van der Waals surface area contributed by atoms with Crippen molar-refractivity contribution in [2.45, 2.75) is 28.4 Å². The van der Waals surface area contributed by atoms with E-state index in [9.17, 15) is 21.2 Å². The largest absolute Gasteiger partial charge is 0.367 e. The maximum absolute atomic E-state index is 14.3. The van der Waals surface area contributed by atoms with Gasteiger partial charge in [0, 0.05) is 25.9 Å². The van der Waals surface area contributed by atoms with E-state index in [2.05, 4.69) is 0 Å². The third-order valence-corrected chi connectivity index (χ3v) is 8.76. The van der Waals surface area contributed by atoms with Crippen LogP contribution >= 0.6 is 0 Å². The number of anilines is 1. The zero-order chi connectivity index (χ0) is 20.5. The fraction of sp³-hybridized carbons (Fsp3) is 0.368. The normalized spacial score (nSPS) is 20.9. The van der Waals surface area contributed by atoms with Gasteiger partial charge >= 0.3 is 0 Å². The smallest absolute Gasteiger partial charge is 0.183 e. The van der Waals surface area contributed by atoms with E-state index in [1.165, 1.54) is 35.2 Å². The predicted molar refractivity (Wildman–Crippen MR) is 107 cm³/mol. The maximum atomic E-state index is 14.3. The van der Waals surface area contributed by atoms with Gasteiger partial charge in [-0.2, -0.15) is 0 Å². The molecule has 1 aliphatic heterocycles. The minimum absolute atomic E-state index is 0.0160. The highest BCUT2D eigenvalue weighted by Crippen LogP contribution is 2.31. The molecule has 0 aromatic heterocycles. The first kappa shape index (κ1) is 20.8. The molecule has 1 aliphatic rings. The third-order valence-electron chi connectivity index (χ3n) is 5.07. The van der Waals surface area contributed by atoms with Gasteiger partial charge in [0.1, 0.15) is 5.82 Å². The zero-order valence-electron chi connectivity index (χ0n) is 15.5. The van der Waals surface area contributed by atoms with Crippen molar-refractivity contribution in [3.05, 3.63) is 59.9 Å². The summed E-state index contributed by atoms with van der Waals surface area (Å²) in [6, 6.07) is 12.3. The van der Waals surface area contributed by atoms with E-state index in [0.717, 1.165) is 6.26 Å². The van der Waals surface area contributed by atoms with Crippen molar-refractivity contribution < 1.29 is 21.2 Å². The van der Waals surface area contributed by atoms with Crippen LogP contribution in [0.15, 0.2) is 53.4 Å². The quantitative estimate of drug-likeness (QED) is 0.782. The molecule has 2 aromatic carbocycles. The van der Waals surface area contributed by atoms with Gasteiger partial charge in [0.2, 0.25) is 0 Å². The van der Waals surface area contributed by atoms with E-state index in [4.69, 9.17) is 5.73 Å². The van der Waals surface area contributed by atoms with Gasteiger partial charge in [-0.3, -0.25) is 0 Å². The first-order valence-electron chi connectivity index (χ1n) is 8.84. The molecule has 28 heavy (non-hydrogen) atoms. The average Bonchev–Trinajstić information content (AvgIpc) is 2.67. The molecule has 152 valence electrons. The Kier molecular flexibility index (Phi) is 5.79. The molecule has 0 amide bonds. The van der Waals surface area contributed by atoms with Gasteiger partial charge in [-0.05, 0) is 36.2 Å². The summed E-state index contributed by atoms with van der Waals surface area (Å²) >= 11 is 0. The van der Waals surface area contributed by atoms with E-state index < -0.39 is 36.0 Å². The Balaban J connectivity index is 2.02. The molecule has 1 heterocycles. The summed E-state index contributed by atoms with van der Waals surface area (Å²) in [6.45, 7) is 0.262. The highest BCUT2D eigenvalue weighted by atomic mass is 32.2. The molecular formula is C19H23FN2O4S2. The van der Waals surface area contributed by atoms with Crippen LogP contribution in [0.2, 0.25) is 0 Å². The van der Waals surface area contributed by atoms with Gasteiger partial charge in [-0.25, -0.2) is 21.2 Å². The second-order valence-electron chi connectivity index (χ2n) is 7.06. The number of piperidine rings is 1. The summed E-state index contributed by atoms with van der Waals surface area (Å²) in [5.74, 6) is -0.516. The predicted octanol–water partition coefficient (Wildman–Crippen LogP) is 1.75. The van der Waals surface area contributed by atoms with Crippen LogP contribution in [-0.2, 0) is 26.2 Å². The summed E-state index contributed by atoms with van der Waals surface area (Å²) in [6.07, 6.45) is 1.06. The molecule has 2 N–H and O–H groups in total. The molecule has 0 aliphatic carbocycles. The number of nitrogens with two attached hydrogens (primary N) is 1. The van der Waals surface area contributed by atoms with Gasteiger partial charge in [-0.15, -0.1) is 0 Å². The number of hydrogen-bond acceptors (Lipinski definition) is 6. The third kappa shape index (κ3) is 4.21. The molecule has 1 saturated heterocycles. The maximum Gasteiger partial charge on any atom is 0.183 e. The van der Waals surface area contributed by atoms with Gasteiger partial charge in [0.25, 0.3) is 0 Å². The summed E-state index contributed by atoms with van der Waals surface area (Å²) in [5, 5.41) is -1.88. The van der Waals surface area contributed by atoms with Crippen molar-refractivity contribution in [3.63, 3.8) is 0 Å². The standard InChI is InChI=1S/C19H23FN2O4S2/c1-27(23,24)16-10-17(13-22(12-16)19-8-3-2-7-18(19)20)28(25,26)15-6-4-5-14(9-15)11-21/h2-9,16-17H,10-13,21H2,1H3/t16-,17+/m0/s1. The van der Waals surface area contributed by atoms with Crippen molar-refractivity contribution in [2.75, 3.05) is 24.2 Å². The average molecular weight is 427 g/mol. The van der Waals surface area contributed by atoms with Crippen molar-refractivity contribution >= 4 is 25.4 Å². The summed E-state index contributed by atoms with van der Waals surface area (Å²) in [5.41, 5.74) is 6.48. The Morgan fingerprint density at radius 1 is 1.04 bits per heavy atom. The number of halogens is 1. The minimum atomic E-state index is -3.83. The molecule has 6 nitrogen and oxygen atoms in total. The lowest BCUT2D eigenvalue weighted by atomic mass is 10.1. The molecule has 1 fully saturated rings. The summed E-state index contributed by atoms with van der Waals surface area (Å²) < 4.78 is 65.2. The molecule has 2 aromatic rings. The second-order valence-corrected chi connectivity index (χ2v) is 11.6. The lowest BCUT2D eigenvalue weighted by Crippen LogP contribution is -2.51. The number of rotatable bonds is 5. The number of hydrogen-bond donors (Lipinski definition) is 1. The highest BCUT2D eigenvalue weighted by Gasteiger charge is 2.40. The summed E-state index contributed by atoms with van der Waals surface area (Å²) in [7, 11) is -7.34. The fourth-order valence-electron chi connectivity index (χ4n) is 3.49. The molecule has 9 heteroatoms. The number of sulfone groups is 2. The van der Waals surface area contributed by atoms with Crippen molar-refractivity contribution in [1.82, 2.24) is 0 Å². The second kappa shape index (κ2) is 7.81. The lowest BCUT2D eigenvalue weighted by molar-refractivity contribution is 0.510. The molecule has 2 atom stereocenters.